The Labute approximate surface area is 148 Å². The van der Waals surface area contributed by atoms with Crippen molar-refractivity contribution in [1.29, 1.82) is 0 Å². The van der Waals surface area contributed by atoms with Crippen LogP contribution in [0.15, 0.2) is 66.9 Å². The summed E-state index contributed by atoms with van der Waals surface area (Å²) in [6.07, 6.45) is 2.72. The predicted molar refractivity (Wildman–Crippen MR) is 105 cm³/mol. The Morgan fingerprint density at radius 2 is 1.68 bits per heavy atom. The molecule has 25 heavy (non-hydrogen) atoms. The van der Waals surface area contributed by atoms with E-state index in [9.17, 15) is 0 Å². The average molecular weight is 333 g/mol. The van der Waals surface area contributed by atoms with E-state index < -0.39 is 0 Å². The fourth-order valence-corrected chi connectivity index (χ4v) is 2.47. The lowest BCUT2D eigenvalue weighted by Crippen LogP contribution is -2.08. The summed E-state index contributed by atoms with van der Waals surface area (Å²) in [6, 6.07) is 20.5. The lowest BCUT2D eigenvalue weighted by molar-refractivity contribution is 1.00. The van der Waals surface area contributed by atoms with E-state index in [0.29, 0.717) is 5.95 Å². The number of benzene rings is 2. The van der Waals surface area contributed by atoms with Crippen LogP contribution in [0.1, 0.15) is 5.56 Å². The van der Waals surface area contributed by atoms with E-state index in [2.05, 4.69) is 61.9 Å². The summed E-state index contributed by atoms with van der Waals surface area (Å²) in [5, 5.41) is 6.58. The van der Waals surface area contributed by atoms with Crippen molar-refractivity contribution >= 4 is 23.1 Å². The number of anilines is 4. The van der Waals surface area contributed by atoms with Crippen molar-refractivity contribution < 1.29 is 0 Å². The molecule has 128 valence electrons. The van der Waals surface area contributed by atoms with E-state index in [1.165, 1.54) is 5.56 Å². The third-order valence-electron chi connectivity index (χ3n) is 3.86. The smallest absolute Gasteiger partial charge is 0.229 e. The third kappa shape index (κ3) is 4.94. The second-order valence-electron chi connectivity index (χ2n) is 5.99. The summed E-state index contributed by atoms with van der Waals surface area (Å²) in [7, 11) is 4.05. The molecule has 0 radical (unpaired) electrons. The fourth-order valence-electron chi connectivity index (χ4n) is 2.47. The minimum Gasteiger partial charge on any atom is -0.378 e. The van der Waals surface area contributed by atoms with Gasteiger partial charge in [-0.05, 0) is 42.3 Å². The van der Waals surface area contributed by atoms with Crippen LogP contribution in [0.4, 0.5) is 23.1 Å². The minimum atomic E-state index is 0.585. The van der Waals surface area contributed by atoms with Crippen molar-refractivity contribution in [3.63, 3.8) is 0 Å². The first-order chi connectivity index (χ1) is 12.2. The first-order valence-electron chi connectivity index (χ1n) is 8.36. The van der Waals surface area contributed by atoms with Crippen molar-refractivity contribution in [1.82, 2.24) is 9.97 Å². The SMILES string of the molecule is CN(C)c1ccc(Nc2nccc(NCCc3ccccc3)n2)cc1. The third-order valence-corrected chi connectivity index (χ3v) is 3.86. The maximum Gasteiger partial charge on any atom is 0.229 e. The predicted octanol–water partition coefficient (Wildman–Crippen LogP) is 3.94. The summed E-state index contributed by atoms with van der Waals surface area (Å²) in [5.41, 5.74) is 3.43. The van der Waals surface area contributed by atoms with Gasteiger partial charge in [-0.1, -0.05) is 30.3 Å². The number of aromatic nitrogens is 2. The van der Waals surface area contributed by atoms with Crippen LogP contribution < -0.4 is 15.5 Å². The van der Waals surface area contributed by atoms with Crippen LogP contribution in [0.5, 0.6) is 0 Å². The molecule has 1 heterocycles. The average Bonchev–Trinajstić information content (AvgIpc) is 2.63. The van der Waals surface area contributed by atoms with Crippen LogP contribution in [0.25, 0.3) is 0 Å². The zero-order valence-corrected chi connectivity index (χ0v) is 14.6. The number of hydrogen-bond acceptors (Lipinski definition) is 5. The Bertz CT molecular complexity index is 785. The molecule has 0 spiro atoms. The summed E-state index contributed by atoms with van der Waals surface area (Å²) in [4.78, 5) is 10.9. The molecule has 0 unspecified atom stereocenters. The molecular formula is C20H23N5. The molecule has 0 saturated heterocycles. The van der Waals surface area contributed by atoms with Crippen molar-refractivity contribution in [3.05, 3.63) is 72.4 Å². The molecule has 0 amide bonds. The normalized spacial score (nSPS) is 10.3. The Hall–Kier alpha value is -3.08. The van der Waals surface area contributed by atoms with Crippen LogP contribution in [0, 0.1) is 0 Å². The fraction of sp³-hybridized carbons (Fsp3) is 0.200. The first-order valence-corrected chi connectivity index (χ1v) is 8.36. The van der Waals surface area contributed by atoms with Crippen molar-refractivity contribution in [2.24, 2.45) is 0 Å². The molecule has 5 heteroatoms. The minimum absolute atomic E-state index is 0.585. The van der Waals surface area contributed by atoms with Gasteiger partial charge in [-0.25, -0.2) is 4.98 Å². The molecule has 2 N–H and O–H groups in total. The van der Waals surface area contributed by atoms with Gasteiger partial charge in [-0.15, -0.1) is 0 Å². The number of rotatable bonds is 7. The zero-order valence-electron chi connectivity index (χ0n) is 14.6. The van der Waals surface area contributed by atoms with Gasteiger partial charge in [0.2, 0.25) is 5.95 Å². The number of hydrogen-bond donors (Lipinski definition) is 2. The summed E-state index contributed by atoms with van der Waals surface area (Å²) in [6.45, 7) is 0.831. The Kier molecular flexibility index (Phi) is 5.46. The maximum absolute atomic E-state index is 4.51. The summed E-state index contributed by atoms with van der Waals surface area (Å²) in [5.74, 6) is 1.40. The van der Waals surface area contributed by atoms with Gasteiger partial charge >= 0.3 is 0 Å². The molecular weight excluding hydrogens is 310 g/mol. The van der Waals surface area contributed by atoms with Gasteiger partial charge in [0.15, 0.2) is 0 Å². The highest BCUT2D eigenvalue weighted by molar-refractivity contribution is 5.59. The zero-order chi connectivity index (χ0) is 17.5. The lowest BCUT2D eigenvalue weighted by Gasteiger charge is -2.13. The van der Waals surface area contributed by atoms with Crippen molar-refractivity contribution in [3.8, 4) is 0 Å². The van der Waals surface area contributed by atoms with Gasteiger partial charge < -0.3 is 15.5 Å². The molecule has 3 aromatic rings. The van der Waals surface area contributed by atoms with Crippen LogP contribution in [0.3, 0.4) is 0 Å². The molecule has 0 aliphatic carbocycles. The molecule has 0 bridgehead atoms. The molecule has 0 saturated carbocycles. The Morgan fingerprint density at radius 1 is 0.920 bits per heavy atom. The highest BCUT2D eigenvalue weighted by Crippen LogP contribution is 2.18. The van der Waals surface area contributed by atoms with E-state index in [1.807, 2.05) is 38.4 Å². The molecule has 2 aromatic carbocycles. The van der Waals surface area contributed by atoms with Gasteiger partial charge in [0, 0.05) is 38.2 Å². The Balaban J connectivity index is 1.57. The van der Waals surface area contributed by atoms with Gasteiger partial charge in [0.1, 0.15) is 5.82 Å². The summed E-state index contributed by atoms with van der Waals surface area (Å²) >= 11 is 0. The Morgan fingerprint density at radius 3 is 2.40 bits per heavy atom. The lowest BCUT2D eigenvalue weighted by atomic mass is 10.1. The molecule has 5 nitrogen and oxygen atoms in total. The first kappa shape index (κ1) is 16.8. The maximum atomic E-state index is 4.51. The highest BCUT2D eigenvalue weighted by atomic mass is 15.1. The van der Waals surface area contributed by atoms with E-state index in [4.69, 9.17) is 0 Å². The molecule has 3 rings (SSSR count). The number of nitrogens with zero attached hydrogens (tertiary/aromatic N) is 3. The molecule has 1 aromatic heterocycles. The standard InChI is InChI=1S/C20H23N5/c1-25(2)18-10-8-17(9-11-18)23-20-22-15-13-19(24-20)21-14-12-16-6-4-3-5-7-16/h3-11,13,15H,12,14H2,1-2H3,(H2,21,22,23,24). The molecule has 0 aliphatic rings. The van der Waals surface area contributed by atoms with E-state index in [0.717, 1.165) is 30.2 Å². The van der Waals surface area contributed by atoms with E-state index >= 15 is 0 Å². The van der Waals surface area contributed by atoms with Gasteiger partial charge in [-0.3, -0.25) is 0 Å². The van der Waals surface area contributed by atoms with Crippen LogP contribution in [-0.4, -0.2) is 30.6 Å². The second-order valence-corrected chi connectivity index (χ2v) is 5.99. The van der Waals surface area contributed by atoms with E-state index in [1.54, 1.807) is 6.20 Å². The van der Waals surface area contributed by atoms with Gasteiger partial charge in [0.25, 0.3) is 0 Å². The van der Waals surface area contributed by atoms with E-state index in [-0.39, 0.29) is 0 Å². The number of nitrogens with one attached hydrogen (secondary N) is 2. The second kappa shape index (κ2) is 8.15. The van der Waals surface area contributed by atoms with Crippen LogP contribution in [0.2, 0.25) is 0 Å². The van der Waals surface area contributed by atoms with Crippen LogP contribution >= 0.6 is 0 Å². The van der Waals surface area contributed by atoms with Gasteiger partial charge in [-0.2, -0.15) is 4.98 Å². The topological polar surface area (TPSA) is 53.1 Å². The summed E-state index contributed by atoms with van der Waals surface area (Å²) < 4.78 is 0. The van der Waals surface area contributed by atoms with Gasteiger partial charge in [0.05, 0.1) is 0 Å². The molecule has 0 atom stereocenters. The quantitative estimate of drug-likeness (QED) is 0.686. The molecule has 0 aliphatic heterocycles. The highest BCUT2D eigenvalue weighted by Gasteiger charge is 2.01. The molecule has 0 fully saturated rings. The van der Waals surface area contributed by atoms with Crippen molar-refractivity contribution in [2.45, 2.75) is 6.42 Å². The van der Waals surface area contributed by atoms with Crippen LogP contribution in [-0.2, 0) is 6.42 Å². The monoisotopic (exact) mass is 333 g/mol. The van der Waals surface area contributed by atoms with Crippen molar-refractivity contribution in [2.75, 3.05) is 36.2 Å². The largest absolute Gasteiger partial charge is 0.378 e.